The molecule has 0 aromatic heterocycles. The molecule has 7 heteroatoms. The van der Waals surface area contributed by atoms with E-state index in [1.54, 1.807) is 25.3 Å². The van der Waals surface area contributed by atoms with Crippen molar-refractivity contribution in [3.8, 4) is 11.5 Å². The standard InChI is InChI=1S/C20H22N4O3/c1-12-11-18(26)23-24-19(12)14-3-6-16(7-4-14)22-21-10-9-15-5-8-17(25)13(2)20(15)27/h3-8,10,12,22,25,27H,9,11H2,1-2H3,(H,23,26). The molecule has 0 saturated heterocycles. The Morgan fingerprint density at radius 3 is 2.70 bits per heavy atom. The largest absolute Gasteiger partial charge is 0.508 e. The number of carbonyl (C=O) groups is 1. The molecule has 0 bridgehead atoms. The Morgan fingerprint density at radius 1 is 1.26 bits per heavy atom. The first-order valence-corrected chi connectivity index (χ1v) is 8.70. The highest BCUT2D eigenvalue weighted by Crippen LogP contribution is 2.29. The third-order valence-electron chi connectivity index (χ3n) is 4.52. The molecule has 0 spiro atoms. The van der Waals surface area contributed by atoms with E-state index in [9.17, 15) is 15.0 Å². The quantitative estimate of drug-likeness (QED) is 0.482. The fraction of sp³-hybridized carbons (Fsp3) is 0.250. The van der Waals surface area contributed by atoms with Crippen LogP contribution in [0.3, 0.4) is 0 Å². The van der Waals surface area contributed by atoms with Crippen molar-refractivity contribution in [1.82, 2.24) is 5.43 Å². The van der Waals surface area contributed by atoms with E-state index in [1.807, 2.05) is 31.2 Å². The summed E-state index contributed by atoms with van der Waals surface area (Å²) < 4.78 is 0. The van der Waals surface area contributed by atoms with Gasteiger partial charge in [0.05, 0.1) is 11.4 Å². The summed E-state index contributed by atoms with van der Waals surface area (Å²) in [5, 5.41) is 27.9. The summed E-state index contributed by atoms with van der Waals surface area (Å²) in [6.07, 6.45) is 2.53. The van der Waals surface area contributed by atoms with E-state index in [0.29, 0.717) is 24.0 Å². The maximum Gasteiger partial charge on any atom is 0.240 e. The number of carbonyl (C=O) groups excluding carboxylic acids is 1. The molecule has 2 aromatic rings. The van der Waals surface area contributed by atoms with Gasteiger partial charge in [0.1, 0.15) is 11.5 Å². The minimum Gasteiger partial charge on any atom is -0.508 e. The Labute approximate surface area is 157 Å². The van der Waals surface area contributed by atoms with Crippen LogP contribution in [0.1, 0.15) is 30.0 Å². The van der Waals surface area contributed by atoms with Crippen molar-refractivity contribution < 1.29 is 15.0 Å². The van der Waals surface area contributed by atoms with Crippen molar-refractivity contribution in [1.29, 1.82) is 0 Å². The minimum absolute atomic E-state index is 0.0614. The van der Waals surface area contributed by atoms with Crippen molar-refractivity contribution in [3.05, 3.63) is 53.1 Å². The van der Waals surface area contributed by atoms with Crippen LogP contribution in [0.4, 0.5) is 5.69 Å². The van der Waals surface area contributed by atoms with Crippen LogP contribution in [0, 0.1) is 12.8 Å². The molecule has 1 unspecified atom stereocenters. The number of amides is 1. The number of nitrogens with one attached hydrogen (secondary N) is 2. The van der Waals surface area contributed by atoms with Gasteiger partial charge in [-0.3, -0.25) is 10.2 Å². The van der Waals surface area contributed by atoms with Crippen LogP contribution in [-0.2, 0) is 11.2 Å². The van der Waals surface area contributed by atoms with Gasteiger partial charge in [-0.25, -0.2) is 5.43 Å². The van der Waals surface area contributed by atoms with E-state index in [1.165, 1.54) is 0 Å². The molecule has 1 aliphatic heterocycles. The molecule has 7 nitrogen and oxygen atoms in total. The number of anilines is 1. The lowest BCUT2D eigenvalue weighted by atomic mass is 9.94. The van der Waals surface area contributed by atoms with Gasteiger partial charge in [-0.05, 0) is 36.2 Å². The number of rotatable bonds is 5. The second-order valence-corrected chi connectivity index (χ2v) is 6.56. The van der Waals surface area contributed by atoms with Gasteiger partial charge >= 0.3 is 0 Å². The van der Waals surface area contributed by atoms with Gasteiger partial charge < -0.3 is 10.2 Å². The van der Waals surface area contributed by atoms with Crippen LogP contribution >= 0.6 is 0 Å². The highest BCUT2D eigenvalue weighted by atomic mass is 16.3. The third kappa shape index (κ3) is 4.25. The average molecular weight is 366 g/mol. The number of hydrogen-bond donors (Lipinski definition) is 4. The van der Waals surface area contributed by atoms with Gasteiger partial charge in [-0.2, -0.15) is 10.2 Å². The highest BCUT2D eigenvalue weighted by Gasteiger charge is 2.21. The Kier molecular flexibility index (Phi) is 5.40. The zero-order chi connectivity index (χ0) is 19.4. The molecular weight excluding hydrogens is 344 g/mol. The van der Waals surface area contributed by atoms with Crippen molar-refractivity contribution >= 4 is 23.5 Å². The Bertz CT molecular complexity index is 904. The molecular formula is C20H22N4O3. The number of phenols is 2. The maximum atomic E-state index is 11.3. The van der Waals surface area contributed by atoms with Gasteiger partial charge in [0.2, 0.25) is 5.91 Å². The molecule has 27 heavy (non-hydrogen) atoms. The van der Waals surface area contributed by atoms with Crippen molar-refractivity contribution in [2.24, 2.45) is 16.1 Å². The highest BCUT2D eigenvalue weighted by molar-refractivity contribution is 6.05. The maximum absolute atomic E-state index is 11.3. The van der Waals surface area contributed by atoms with Crippen LogP contribution in [0.25, 0.3) is 0 Å². The van der Waals surface area contributed by atoms with E-state index in [2.05, 4.69) is 21.1 Å². The van der Waals surface area contributed by atoms with E-state index >= 15 is 0 Å². The molecule has 0 aliphatic carbocycles. The molecule has 0 fully saturated rings. The first kappa shape index (κ1) is 18.4. The lowest BCUT2D eigenvalue weighted by Gasteiger charge is -2.19. The first-order valence-electron chi connectivity index (χ1n) is 8.70. The zero-order valence-electron chi connectivity index (χ0n) is 15.2. The van der Waals surface area contributed by atoms with E-state index in [-0.39, 0.29) is 23.3 Å². The SMILES string of the molecule is Cc1c(O)ccc(CC=NNc2ccc(C3=NNC(=O)CC3C)cc2)c1O. The lowest BCUT2D eigenvalue weighted by Crippen LogP contribution is -2.31. The molecule has 3 rings (SSSR count). The molecule has 0 saturated carbocycles. The van der Waals surface area contributed by atoms with Gasteiger partial charge in [0.15, 0.2) is 0 Å². The monoisotopic (exact) mass is 366 g/mol. The number of phenolic OH excluding ortho intramolecular Hbond substituents is 2. The molecule has 1 atom stereocenters. The Morgan fingerprint density at radius 2 is 2.00 bits per heavy atom. The van der Waals surface area contributed by atoms with Gasteiger partial charge in [0, 0.05) is 30.5 Å². The number of aromatic hydroxyl groups is 2. The van der Waals surface area contributed by atoms with Crippen LogP contribution in [0.5, 0.6) is 11.5 Å². The summed E-state index contributed by atoms with van der Waals surface area (Å²) >= 11 is 0. The summed E-state index contributed by atoms with van der Waals surface area (Å²) in [6, 6.07) is 10.9. The summed E-state index contributed by atoms with van der Waals surface area (Å²) in [5.41, 5.74) is 9.24. The van der Waals surface area contributed by atoms with E-state index in [4.69, 9.17) is 0 Å². The molecule has 140 valence electrons. The number of hydrogen-bond acceptors (Lipinski definition) is 6. The normalized spacial score (nSPS) is 16.9. The summed E-state index contributed by atoms with van der Waals surface area (Å²) in [5.74, 6) is 0.175. The average Bonchev–Trinajstić information content (AvgIpc) is 2.65. The smallest absolute Gasteiger partial charge is 0.240 e. The van der Waals surface area contributed by atoms with Gasteiger partial charge in [0.25, 0.3) is 0 Å². The predicted octanol–water partition coefficient (Wildman–Crippen LogP) is 2.91. The second-order valence-electron chi connectivity index (χ2n) is 6.56. The van der Waals surface area contributed by atoms with Crippen molar-refractivity contribution in [3.63, 3.8) is 0 Å². The van der Waals surface area contributed by atoms with Gasteiger partial charge in [-0.15, -0.1) is 0 Å². The minimum atomic E-state index is -0.0614. The molecule has 0 radical (unpaired) electrons. The van der Waals surface area contributed by atoms with Crippen LogP contribution < -0.4 is 10.9 Å². The van der Waals surface area contributed by atoms with Crippen molar-refractivity contribution in [2.75, 3.05) is 5.43 Å². The van der Waals surface area contributed by atoms with Gasteiger partial charge in [-0.1, -0.05) is 25.1 Å². The zero-order valence-corrected chi connectivity index (χ0v) is 15.2. The van der Waals surface area contributed by atoms with Crippen LogP contribution in [-0.4, -0.2) is 28.0 Å². The summed E-state index contributed by atoms with van der Waals surface area (Å²) in [6.45, 7) is 3.64. The second kappa shape index (κ2) is 7.90. The van der Waals surface area contributed by atoms with E-state index in [0.717, 1.165) is 17.0 Å². The predicted molar refractivity (Wildman–Crippen MR) is 105 cm³/mol. The number of hydrazone groups is 2. The molecule has 1 amide bonds. The molecule has 1 aliphatic rings. The Hall–Kier alpha value is -3.35. The number of nitrogens with zero attached hydrogens (tertiary/aromatic N) is 2. The first-order chi connectivity index (χ1) is 13.0. The third-order valence-corrected chi connectivity index (χ3v) is 4.52. The molecule has 4 N–H and O–H groups in total. The molecule has 1 heterocycles. The summed E-state index contributed by atoms with van der Waals surface area (Å²) in [4.78, 5) is 11.3. The van der Waals surface area contributed by atoms with E-state index < -0.39 is 0 Å². The number of benzene rings is 2. The Balaban J connectivity index is 1.60. The molecule has 2 aromatic carbocycles. The van der Waals surface area contributed by atoms with Crippen LogP contribution in [0.15, 0.2) is 46.6 Å². The fourth-order valence-corrected chi connectivity index (χ4v) is 2.89. The fourth-order valence-electron chi connectivity index (χ4n) is 2.89. The van der Waals surface area contributed by atoms with Crippen LogP contribution in [0.2, 0.25) is 0 Å². The topological polar surface area (TPSA) is 106 Å². The summed E-state index contributed by atoms with van der Waals surface area (Å²) in [7, 11) is 0. The van der Waals surface area contributed by atoms with Crippen molar-refractivity contribution in [2.45, 2.75) is 26.7 Å². The lowest BCUT2D eigenvalue weighted by molar-refractivity contribution is -0.121.